The zero-order chi connectivity index (χ0) is 22.1. The van der Waals surface area contributed by atoms with Crippen LogP contribution in [-0.2, 0) is 24.3 Å². The molecule has 162 valence electrons. The van der Waals surface area contributed by atoms with Crippen molar-refractivity contribution >= 4 is 14.3 Å². The Bertz CT molecular complexity index is 741. The highest BCUT2D eigenvalue weighted by molar-refractivity contribution is 6.74. The van der Waals surface area contributed by atoms with E-state index in [1.807, 2.05) is 0 Å². The van der Waals surface area contributed by atoms with Crippen LogP contribution in [0.15, 0.2) is 42.5 Å². The number of carbonyl (C=O) groups is 1. The van der Waals surface area contributed by atoms with Crippen LogP contribution in [0, 0.1) is 0 Å². The normalized spacial score (nSPS) is 22.4. The van der Waals surface area contributed by atoms with Crippen molar-refractivity contribution in [3.8, 4) is 0 Å². The molecule has 0 amide bonds. The zero-order valence-electron chi connectivity index (χ0n) is 17.7. The first-order valence-electron chi connectivity index (χ1n) is 9.49. The zero-order valence-corrected chi connectivity index (χ0v) is 18.7. The first-order chi connectivity index (χ1) is 13.2. The number of rotatable bonds is 6. The van der Waals surface area contributed by atoms with Crippen LogP contribution >= 0.6 is 0 Å². The van der Waals surface area contributed by atoms with Crippen LogP contribution < -0.4 is 0 Å². The average Bonchev–Trinajstić information content (AvgIpc) is 3.00. The third kappa shape index (κ3) is 4.75. The van der Waals surface area contributed by atoms with Gasteiger partial charge in [0.15, 0.2) is 8.32 Å². The van der Waals surface area contributed by atoms with Gasteiger partial charge in [-0.05, 0) is 24.2 Å². The van der Waals surface area contributed by atoms with Crippen LogP contribution in [0.3, 0.4) is 0 Å². The fourth-order valence-corrected chi connectivity index (χ4v) is 4.26. The highest BCUT2D eigenvalue weighted by Crippen LogP contribution is 2.44. The molecule has 0 spiro atoms. The van der Waals surface area contributed by atoms with Crippen LogP contribution in [-0.4, -0.2) is 39.8 Å². The van der Waals surface area contributed by atoms with E-state index in [1.54, 1.807) is 18.2 Å². The highest BCUT2D eigenvalue weighted by atomic mass is 28.4. The van der Waals surface area contributed by atoms with Crippen LogP contribution in [0.1, 0.15) is 32.8 Å². The molecule has 0 fully saturated rings. The van der Waals surface area contributed by atoms with Gasteiger partial charge in [0.2, 0.25) is 0 Å². The standard InChI is InChI=1S/C21H29F3O4Si/c1-19(2,3)29(5,6)28-17-13-12-16(14-17)27-18(25)20(26-4,21(22,23)24)15-10-8-7-9-11-15/h7-13,16-17H,14H2,1-6H3/t16-,17-,20?/m1/s1. The Balaban J connectivity index is 2.17. The van der Waals surface area contributed by atoms with E-state index in [9.17, 15) is 18.0 Å². The molecule has 0 saturated carbocycles. The molecular weight excluding hydrogens is 401 g/mol. The summed E-state index contributed by atoms with van der Waals surface area (Å²) >= 11 is 0. The number of benzene rings is 1. The summed E-state index contributed by atoms with van der Waals surface area (Å²) in [4.78, 5) is 12.7. The van der Waals surface area contributed by atoms with Gasteiger partial charge in [-0.15, -0.1) is 0 Å². The van der Waals surface area contributed by atoms with Gasteiger partial charge in [-0.2, -0.15) is 13.2 Å². The number of esters is 1. The molecule has 1 aromatic carbocycles. The Hall–Kier alpha value is -1.64. The number of halogens is 3. The first kappa shape index (κ1) is 23.6. The molecule has 1 aliphatic carbocycles. The van der Waals surface area contributed by atoms with Crippen LogP contribution in [0.4, 0.5) is 13.2 Å². The van der Waals surface area contributed by atoms with Gasteiger partial charge in [0.1, 0.15) is 6.10 Å². The summed E-state index contributed by atoms with van der Waals surface area (Å²) in [5.74, 6) is -1.48. The maximum atomic E-state index is 14.0. The lowest BCUT2D eigenvalue weighted by molar-refractivity contribution is -0.277. The minimum absolute atomic E-state index is 0.00952. The van der Waals surface area contributed by atoms with Gasteiger partial charge in [-0.1, -0.05) is 57.2 Å². The molecule has 8 heteroatoms. The number of hydrogen-bond acceptors (Lipinski definition) is 4. The Morgan fingerprint density at radius 1 is 1.03 bits per heavy atom. The molecule has 29 heavy (non-hydrogen) atoms. The molecule has 2 rings (SSSR count). The highest BCUT2D eigenvalue weighted by Gasteiger charge is 2.64. The lowest BCUT2D eigenvalue weighted by Crippen LogP contribution is -2.52. The van der Waals surface area contributed by atoms with E-state index in [0.29, 0.717) is 0 Å². The summed E-state index contributed by atoms with van der Waals surface area (Å²) in [6.45, 7) is 10.5. The molecule has 1 aliphatic rings. The second-order valence-corrected chi connectivity index (χ2v) is 13.5. The second-order valence-electron chi connectivity index (χ2n) is 8.73. The van der Waals surface area contributed by atoms with Gasteiger partial charge in [0.05, 0.1) is 6.10 Å². The molecule has 4 nitrogen and oxygen atoms in total. The van der Waals surface area contributed by atoms with Crippen molar-refractivity contribution in [3.05, 3.63) is 48.0 Å². The second kappa shape index (κ2) is 8.24. The van der Waals surface area contributed by atoms with Gasteiger partial charge in [0, 0.05) is 19.1 Å². The van der Waals surface area contributed by atoms with E-state index in [1.165, 1.54) is 24.3 Å². The molecule has 0 heterocycles. The maximum Gasteiger partial charge on any atom is 0.432 e. The summed E-state index contributed by atoms with van der Waals surface area (Å²) in [6, 6.07) is 6.80. The van der Waals surface area contributed by atoms with Crippen molar-refractivity contribution in [1.29, 1.82) is 0 Å². The summed E-state index contributed by atoms with van der Waals surface area (Å²) in [5, 5.41) is -0.00952. The number of alkyl halides is 3. The molecule has 1 aromatic rings. The Kier molecular flexibility index (Phi) is 6.71. The van der Waals surface area contributed by atoms with Gasteiger partial charge >= 0.3 is 12.1 Å². The molecule has 3 atom stereocenters. The van der Waals surface area contributed by atoms with E-state index < -0.39 is 32.2 Å². The fourth-order valence-electron chi connectivity index (χ4n) is 2.97. The van der Waals surface area contributed by atoms with Crippen molar-refractivity contribution in [2.24, 2.45) is 0 Å². The van der Waals surface area contributed by atoms with Gasteiger partial charge in [-0.25, -0.2) is 4.79 Å². The Morgan fingerprint density at radius 2 is 1.59 bits per heavy atom. The lowest BCUT2D eigenvalue weighted by atomic mass is 9.92. The smallest absolute Gasteiger partial charge is 0.432 e. The topological polar surface area (TPSA) is 44.8 Å². The molecule has 1 unspecified atom stereocenters. The average molecular weight is 431 g/mol. The Labute approximate surface area is 171 Å². The maximum absolute atomic E-state index is 14.0. The van der Waals surface area contributed by atoms with Gasteiger partial charge in [-0.3, -0.25) is 0 Å². The van der Waals surface area contributed by atoms with E-state index in [4.69, 9.17) is 13.9 Å². The quantitative estimate of drug-likeness (QED) is 0.347. The molecule has 0 aliphatic heterocycles. The summed E-state index contributed by atoms with van der Waals surface area (Å²) < 4.78 is 58.1. The fraction of sp³-hybridized carbons (Fsp3) is 0.571. The summed E-state index contributed by atoms with van der Waals surface area (Å²) in [6.07, 6.45) is -2.48. The third-order valence-corrected chi connectivity index (χ3v) is 10.2. The van der Waals surface area contributed by atoms with Crippen LogP contribution in [0.2, 0.25) is 18.1 Å². The lowest BCUT2D eigenvalue weighted by Gasteiger charge is -2.38. The van der Waals surface area contributed by atoms with E-state index >= 15 is 0 Å². The minimum Gasteiger partial charge on any atom is -0.455 e. The predicted octanol–water partition coefficient (Wildman–Crippen LogP) is 5.35. The third-order valence-electron chi connectivity index (χ3n) is 5.69. The van der Waals surface area contributed by atoms with Crippen molar-refractivity contribution in [2.45, 2.75) is 69.3 Å². The van der Waals surface area contributed by atoms with Crippen molar-refractivity contribution < 1.29 is 31.9 Å². The van der Waals surface area contributed by atoms with Gasteiger partial charge in [0.25, 0.3) is 5.60 Å². The van der Waals surface area contributed by atoms with E-state index in [0.717, 1.165) is 7.11 Å². The van der Waals surface area contributed by atoms with Crippen molar-refractivity contribution in [2.75, 3.05) is 7.11 Å². The number of hydrogen-bond donors (Lipinski definition) is 0. The predicted molar refractivity (Wildman–Crippen MR) is 107 cm³/mol. The Morgan fingerprint density at radius 3 is 2.07 bits per heavy atom. The SMILES string of the molecule is COC(C(=O)O[C@@H]1C=C[C@@H](O[Si](C)(C)C(C)(C)C)C1)(c1ccccc1)C(F)(F)F. The summed E-state index contributed by atoms with van der Waals surface area (Å²) in [5.41, 5.74) is -3.50. The molecule has 0 aromatic heterocycles. The number of carbonyl (C=O) groups excluding carboxylic acids is 1. The molecule has 0 N–H and O–H groups in total. The first-order valence-corrected chi connectivity index (χ1v) is 12.4. The monoisotopic (exact) mass is 430 g/mol. The van der Waals surface area contributed by atoms with Crippen LogP contribution in [0.25, 0.3) is 0 Å². The molecule has 0 radical (unpaired) electrons. The van der Waals surface area contributed by atoms with Gasteiger partial charge < -0.3 is 13.9 Å². The largest absolute Gasteiger partial charge is 0.455 e. The molecule has 0 bridgehead atoms. The number of methoxy groups -OCH3 is 1. The van der Waals surface area contributed by atoms with Crippen LogP contribution in [0.5, 0.6) is 0 Å². The minimum atomic E-state index is -4.99. The number of ether oxygens (including phenoxy) is 2. The molecule has 0 saturated heterocycles. The van der Waals surface area contributed by atoms with E-state index in [2.05, 4.69) is 33.9 Å². The van der Waals surface area contributed by atoms with E-state index in [-0.39, 0.29) is 23.1 Å². The summed E-state index contributed by atoms with van der Waals surface area (Å²) in [7, 11) is -1.21. The van der Waals surface area contributed by atoms with Crippen molar-refractivity contribution in [1.82, 2.24) is 0 Å². The molecular formula is C21H29F3O4Si. The van der Waals surface area contributed by atoms with Crippen molar-refractivity contribution in [3.63, 3.8) is 0 Å².